The molecule has 6 rings (SSSR count). The number of carbonyl (C=O) groups excluding carboxylic acids is 2. The zero-order chi connectivity index (χ0) is 24.6. The molecule has 11 nitrogen and oxygen atoms in total. The van der Waals surface area contributed by atoms with Crippen LogP contribution in [-0.4, -0.2) is 79.3 Å². The van der Waals surface area contributed by atoms with E-state index in [0.29, 0.717) is 74.9 Å². The van der Waals surface area contributed by atoms with Gasteiger partial charge in [0.1, 0.15) is 23.0 Å². The molecule has 3 aromatic heterocycles. The monoisotopic (exact) mass is 488 g/mol. The second kappa shape index (κ2) is 9.30. The number of aromatic nitrogens is 5. The van der Waals surface area contributed by atoms with Crippen molar-refractivity contribution in [2.45, 2.75) is 38.8 Å². The molecular weight excluding hydrogens is 460 g/mol. The maximum absolute atomic E-state index is 13.1. The largest absolute Gasteiger partial charge is 0.378 e. The number of urea groups is 1. The number of nitrogens with one attached hydrogen (secondary N) is 1. The van der Waals surface area contributed by atoms with Crippen LogP contribution in [0.2, 0.25) is 0 Å². The van der Waals surface area contributed by atoms with Crippen LogP contribution in [0.1, 0.15) is 46.8 Å². The highest BCUT2D eigenvalue weighted by molar-refractivity contribution is 6.02. The summed E-state index contributed by atoms with van der Waals surface area (Å²) in [5, 5.41) is 11.5. The van der Waals surface area contributed by atoms with Crippen LogP contribution >= 0.6 is 0 Å². The van der Waals surface area contributed by atoms with Gasteiger partial charge in [0.15, 0.2) is 5.82 Å². The van der Waals surface area contributed by atoms with Crippen LogP contribution in [0.5, 0.6) is 0 Å². The Hall–Kier alpha value is -3.86. The third-order valence-corrected chi connectivity index (χ3v) is 7.09. The van der Waals surface area contributed by atoms with Gasteiger partial charge in [-0.15, -0.1) is 10.2 Å². The van der Waals surface area contributed by atoms with Crippen LogP contribution in [0.15, 0.2) is 30.5 Å². The Morgan fingerprint density at radius 1 is 1.06 bits per heavy atom. The number of hydrogen-bond donors (Lipinski definition) is 1. The minimum absolute atomic E-state index is 0.0158. The van der Waals surface area contributed by atoms with Crippen molar-refractivity contribution in [3.8, 4) is 11.5 Å². The van der Waals surface area contributed by atoms with Crippen LogP contribution in [0, 0.1) is 0 Å². The molecule has 3 amide bonds. The summed E-state index contributed by atoms with van der Waals surface area (Å²) in [5.41, 5.74) is 2.96. The summed E-state index contributed by atoms with van der Waals surface area (Å²) < 4.78 is 7.47. The average Bonchev–Trinajstić information content (AvgIpc) is 3.51. The van der Waals surface area contributed by atoms with E-state index in [0.717, 1.165) is 29.8 Å². The molecule has 6 heterocycles. The molecule has 3 aliphatic heterocycles. The number of carbonyl (C=O) groups is 2. The van der Waals surface area contributed by atoms with Crippen LogP contribution in [0.25, 0.3) is 11.5 Å². The Bertz CT molecular complexity index is 1320. The molecule has 0 bridgehead atoms. The van der Waals surface area contributed by atoms with E-state index in [-0.39, 0.29) is 11.9 Å². The number of rotatable bonds is 3. The summed E-state index contributed by atoms with van der Waals surface area (Å²) in [4.78, 5) is 38.6. The van der Waals surface area contributed by atoms with Gasteiger partial charge in [-0.2, -0.15) is 0 Å². The smallest absolute Gasteiger partial charge is 0.320 e. The number of aryl methyl sites for hydroxylation is 1. The quantitative estimate of drug-likeness (QED) is 0.601. The number of morpholine rings is 1. The van der Waals surface area contributed by atoms with Gasteiger partial charge < -0.3 is 24.4 Å². The van der Waals surface area contributed by atoms with E-state index in [1.54, 1.807) is 18.3 Å². The summed E-state index contributed by atoms with van der Waals surface area (Å²) in [7, 11) is 0. The average molecular weight is 489 g/mol. The number of hydrogen-bond acceptors (Lipinski definition) is 7. The summed E-state index contributed by atoms with van der Waals surface area (Å²) in [6.45, 7) is 5.59. The van der Waals surface area contributed by atoms with Gasteiger partial charge in [0, 0.05) is 44.8 Å². The van der Waals surface area contributed by atoms with Gasteiger partial charge in [0.2, 0.25) is 0 Å². The fourth-order valence-electron chi connectivity index (χ4n) is 5.09. The van der Waals surface area contributed by atoms with Gasteiger partial charge in [-0.05, 0) is 49.1 Å². The van der Waals surface area contributed by atoms with Gasteiger partial charge in [-0.3, -0.25) is 9.78 Å². The standard InChI is InChI=1S/C25H28N8O3/c1-16-5-6-22-29-30-23(33(16)22)19-3-2-4-21(27-19)28-24(34)20-13-18-15-32(8-7-17(18)14-26-20)25(35)31-9-11-36-12-10-31/h2-4,13-14,16H,5-12,15H2,1H3,(H,27,28,34)/t16-/m1/s1. The zero-order valence-electron chi connectivity index (χ0n) is 20.2. The number of amides is 3. The first-order valence-electron chi connectivity index (χ1n) is 12.4. The number of nitrogens with zero attached hydrogens (tertiary/aromatic N) is 7. The van der Waals surface area contributed by atoms with E-state index < -0.39 is 0 Å². The van der Waals surface area contributed by atoms with Crippen LogP contribution in [0.4, 0.5) is 10.6 Å². The van der Waals surface area contributed by atoms with Crippen molar-refractivity contribution in [3.05, 3.63) is 53.1 Å². The summed E-state index contributed by atoms with van der Waals surface area (Å²) >= 11 is 0. The number of fused-ring (bicyclic) bond motifs is 2. The second-order valence-electron chi connectivity index (χ2n) is 9.45. The molecule has 36 heavy (non-hydrogen) atoms. The predicted octanol–water partition coefficient (Wildman–Crippen LogP) is 2.30. The van der Waals surface area contributed by atoms with Gasteiger partial charge in [0.05, 0.1) is 13.2 Å². The van der Waals surface area contributed by atoms with Gasteiger partial charge in [-0.25, -0.2) is 9.78 Å². The fraction of sp³-hybridized carbons (Fsp3) is 0.440. The highest BCUT2D eigenvalue weighted by atomic mass is 16.5. The van der Waals surface area contributed by atoms with E-state index in [1.807, 2.05) is 21.9 Å². The lowest BCUT2D eigenvalue weighted by Gasteiger charge is -2.35. The Labute approximate surface area is 208 Å². The van der Waals surface area contributed by atoms with E-state index >= 15 is 0 Å². The lowest BCUT2D eigenvalue weighted by Crippen LogP contribution is -2.49. The predicted molar refractivity (Wildman–Crippen MR) is 130 cm³/mol. The molecule has 3 aromatic rings. The van der Waals surface area contributed by atoms with Crippen LogP contribution < -0.4 is 5.32 Å². The van der Waals surface area contributed by atoms with E-state index in [9.17, 15) is 9.59 Å². The third-order valence-electron chi connectivity index (χ3n) is 7.09. The SMILES string of the molecule is C[C@@H]1CCc2nnc(-c3cccc(NC(=O)c4cc5c(cn4)CCN(C(=O)N4CCOCC4)C5)n3)n21. The molecule has 0 spiro atoms. The number of ether oxygens (including phenoxy) is 1. The van der Waals surface area contributed by atoms with E-state index in [1.165, 1.54) is 0 Å². The summed E-state index contributed by atoms with van der Waals surface area (Å²) in [6, 6.07) is 7.57. The molecule has 0 radical (unpaired) electrons. The molecule has 3 aliphatic rings. The van der Waals surface area contributed by atoms with Crippen molar-refractivity contribution in [1.29, 1.82) is 0 Å². The number of anilines is 1. The summed E-state index contributed by atoms with van der Waals surface area (Å²) in [6.07, 6.45) is 4.40. The Balaban J connectivity index is 1.17. The molecule has 1 N–H and O–H groups in total. The third kappa shape index (κ3) is 4.19. The second-order valence-corrected chi connectivity index (χ2v) is 9.45. The lowest BCUT2D eigenvalue weighted by molar-refractivity contribution is 0.0421. The van der Waals surface area contributed by atoms with E-state index in [2.05, 4.69) is 37.0 Å². The molecule has 1 atom stereocenters. The highest BCUT2D eigenvalue weighted by Gasteiger charge is 2.28. The van der Waals surface area contributed by atoms with E-state index in [4.69, 9.17) is 4.74 Å². The van der Waals surface area contributed by atoms with Crippen molar-refractivity contribution in [2.24, 2.45) is 0 Å². The van der Waals surface area contributed by atoms with Crippen molar-refractivity contribution in [2.75, 3.05) is 38.2 Å². The van der Waals surface area contributed by atoms with Crippen molar-refractivity contribution >= 4 is 17.8 Å². The Morgan fingerprint density at radius 3 is 2.78 bits per heavy atom. The van der Waals surface area contributed by atoms with Gasteiger partial charge in [-0.1, -0.05) is 6.07 Å². The van der Waals surface area contributed by atoms with Crippen LogP contribution in [-0.2, 0) is 24.1 Å². The lowest BCUT2D eigenvalue weighted by atomic mass is 10.0. The molecule has 1 saturated heterocycles. The molecule has 0 aliphatic carbocycles. The maximum atomic E-state index is 13.1. The summed E-state index contributed by atoms with van der Waals surface area (Å²) in [5.74, 6) is 1.75. The maximum Gasteiger partial charge on any atom is 0.320 e. The first-order valence-corrected chi connectivity index (χ1v) is 12.4. The fourth-order valence-corrected chi connectivity index (χ4v) is 5.09. The molecule has 11 heteroatoms. The first-order chi connectivity index (χ1) is 17.6. The molecule has 186 valence electrons. The van der Waals surface area contributed by atoms with Gasteiger partial charge in [0.25, 0.3) is 5.91 Å². The Kier molecular flexibility index (Phi) is 5.84. The minimum Gasteiger partial charge on any atom is -0.378 e. The molecule has 0 unspecified atom stereocenters. The highest BCUT2D eigenvalue weighted by Crippen LogP contribution is 2.30. The van der Waals surface area contributed by atoms with Gasteiger partial charge >= 0.3 is 6.03 Å². The zero-order valence-corrected chi connectivity index (χ0v) is 20.2. The van der Waals surface area contributed by atoms with Crippen LogP contribution in [0.3, 0.4) is 0 Å². The topological polar surface area (TPSA) is 118 Å². The van der Waals surface area contributed by atoms with Crippen molar-refractivity contribution < 1.29 is 14.3 Å². The first kappa shape index (κ1) is 22.6. The normalized spacial score (nSPS) is 19.1. The molecule has 1 fully saturated rings. The molecule has 0 aromatic carbocycles. The van der Waals surface area contributed by atoms with Crippen molar-refractivity contribution in [1.82, 2.24) is 34.5 Å². The Morgan fingerprint density at radius 2 is 1.92 bits per heavy atom. The molecule has 0 saturated carbocycles. The minimum atomic E-state index is -0.348. The van der Waals surface area contributed by atoms with Crippen molar-refractivity contribution in [3.63, 3.8) is 0 Å². The molecular formula is C25H28N8O3. The number of pyridine rings is 2.